The van der Waals surface area contributed by atoms with Crippen molar-refractivity contribution < 1.29 is 27.5 Å². The van der Waals surface area contributed by atoms with Crippen molar-refractivity contribution in [1.82, 2.24) is 9.88 Å². The number of hydrogen-bond acceptors (Lipinski definition) is 5. The number of carbonyl (C=O) groups is 2. The molecule has 1 aromatic rings. The highest BCUT2D eigenvalue weighted by Crippen LogP contribution is 2.60. The molecule has 1 aromatic heterocycles. The van der Waals surface area contributed by atoms with Crippen LogP contribution in [0, 0.1) is 23.2 Å². The molecule has 1 aliphatic heterocycles. The zero-order chi connectivity index (χ0) is 22.7. The molecule has 2 amide bonds. The fourth-order valence-electron chi connectivity index (χ4n) is 6.65. The van der Waals surface area contributed by atoms with E-state index in [1.165, 1.54) is 12.3 Å². The van der Waals surface area contributed by atoms with Gasteiger partial charge in [-0.05, 0) is 68.4 Å². The molecular formula is C22H27F3N4O3. The summed E-state index contributed by atoms with van der Waals surface area (Å²) in [5, 5.41) is 2.84. The van der Waals surface area contributed by atoms with Crippen molar-refractivity contribution in [2.75, 3.05) is 18.4 Å². The van der Waals surface area contributed by atoms with E-state index >= 15 is 0 Å². The van der Waals surface area contributed by atoms with Gasteiger partial charge >= 0.3 is 12.3 Å². The molecule has 4 bridgehead atoms. The fraction of sp³-hybridized carbons (Fsp3) is 0.682. The van der Waals surface area contributed by atoms with E-state index in [-0.39, 0.29) is 42.3 Å². The van der Waals surface area contributed by atoms with Crippen LogP contribution < -0.4 is 11.1 Å². The third-order valence-corrected chi connectivity index (χ3v) is 7.85. The molecule has 6 rings (SSSR count). The van der Waals surface area contributed by atoms with Gasteiger partial charge in [-0.3, -0.25) is 4.79 Å². The number of ether oxygens (including phenoxy) is 1. The Morgan fingerprint density at radius 3 is 2.59 bits per heavy atom. The molecular weight excluding hydrogens is 425 g/mol. The monoisotopic (exact) mass is 452 g/mol. The Morgan fingerprint density at radius 2 is 1.94 bits per heavy atom. The van der Waals surface area contributed by atoms with E-state index in [9.17, 15) is 22.8 Å². The molecule has 5 fully saturated rings. The average molecular weight is 452 g/mol. The fourth-order valence-corrected chi connectivity index (χ4v) is 6.65. The van der Waals surface area contributed by atoms with E-state index in [1.807, 2.05) is 0 Å². The molecule has 0 aromatic carbocycles. The van der Waals surface area contributed by atoms with Crippen LogP contribution in [0.2, 0.25) is 0 Å². The van der Waals surface area contributed by atoms with Gasteiger partial charge in [0, 0.05) is 25.3 Å². The second-order valence-corrected chi connectivity index (χ2v) is 9.94. The van der Waals surface area contributed by atoms with Crippen LogP contribution in [0.4, 0.5) is 23.8 Å². The number of pyridine rings is 1. The number of primary amides is 1. The molecule has 10 heteroatoms. The number of alkyl halides is 3. The molecule has 3 N–H and O–H groups in total. The predicted octanol–water partition coefficient (Wildman–Crippen LogP) is 3.40. The summed E-state index contributed by atoms with van der Waals surface area (Å²) in [6.07, 6.45) is 0.772. The number of aromatic nitrogens is 1. The number of anilines is 1. The van der Waals surface area contributed by atoms with Crippen LogP contribution in [-0.2, 0) is 15.7 Å². The van der Waals surface area contributed by atoms with Gasteiger partial charge in [0.15, 0.2) is 0 Å². The van der Waals surface area contributed by atoms with E-state index in [1.54, 1.807) is 4.90 Å². The number of nitrogens with zero attached hydrogens (tertiary/aromatic N) is 2. The molecule has 3 unspecified atom stereocenters. The van der Waals surface area contributed by atoms with Gasteiger partial charge in [0.1, 0.15) is 11.9 Å². The van der Waals surface area contributed by atoms with Gasteiger partial charge in [-0.15, -0.1) is 0 Å². The van der Waals surface area contributed by atoms with Crippen LogP contribution in [0.25, 0.3) is 0 Å². The zero-order valence-electron chi connectivity index (χ0n) is 17.6. The minimum atomic E-state index is -4.50. The zero-order valence-corrected chi connectivity index (χ0v) is 17.6. The van der Waals surface area contributed by atoms with Crippen LogP contribution in [0.15, 0.2) is 18.3 Å². The Morgan fingerprint density at radius 1 is 1.22 bits per heavy atom. The summed E-state index contributed by atoms with van der Waals surface area (Å²) >= 11 is 0. The first-order valence-electron chi connectivity index (χ1n) is 11.2. The van der Waals surface area contributed by atoms with Crippen LogP contribution in [0.1, 0.15) is 44.1 Å². The Labute approximate surface area is 183 Å². The maximum Gasteiger partial charge on any atom is 0.419 e. The minimum absolute atomic E-state index is 0.150. The van der Waals surface area contributed by atoms with Gasteiger partial charge in [-0.25, -0.2) is 9.78 Å². The maximum atomic E-state index is 13.2. The largest absolute Gasteiger partial charge is 0.446 e. The van der Waals surface area contributed by atoms with Crippen molar-refractivity contribution >= 4 is 17.8 Å². The number of amides is 2. The van der Waals surface area contributed by atoms with Gasteiger partial charge in [-0.1, -0.05) is 0 Å². The van der Waals surface area contributed by atoms with Crippen LogP contribution in [0.5, 0.6) is 0 Å². The van der Waals surface area contributed by atoms with Crippen molar-refractivity contribution in [2.24, 2.45) is 28.9 Å². The summed E-state index contributed by atoms with van der Waals surface area (Å²) < 4.78 is 45.6. The second-order valence-electron chi connectivity index (χ2n) is 9.94. The summed E-state index contributed by atoms with van der Waals surface area (Å²) in [5.74, 6) is 0.312. The highest BCUT2D eigenvalue weighted by Gasteiger charge is 2.59. The van der Waals surface area contributed by atoms with E-state index < -0.39 is 23.2 Å². The average Bonchev–Trinajstić information content (AvgIpc) is 3.18. The molecule has 0 spiro atoms. The van der Waals surface area contributed by atoms with Crippen LogP contribution in [-0.4, -0.2) is 47.1 Å². The van der Waals surface area contributed by atoms with Gasteiger partial charge in [-0.2, -0.15) is 13.2 Å². The van der Waals surface area contributed by atoms with E-state index in [0.717, 1.165) is 25.3 Å². The smallest absolute Gasteiger partial charge is 0.419 e. The molecule has 6 atom stereocenters. The van der Waals surface area contributed by atoms with Crippen LogP contribution >= 0.6 is 0 Å². The van der Waals surface area contributed by atoms with Crippen LogP contribution in [0.3, 0.4) is 0 Å². The maximum absolute atomic E-state index is 13.2. The highest BCUT2D eigenvalue weighted by atomic mass is 19.4. The van der Waals surface area contributed by atoms with Gasteiger partial charge in [0.2, 0.25) is 5.91 Å². The third-order valence-electron chi connectivity index (χ3n) is 7.85. The quantitative estimate of drug-likeness (QED) is 0.730. The lowest BCUT2D eigenvalue weighted by molar-refractivity contribution is -0.161. The molecule has 7 nitrogen and oxygen atoms in total. The summed E-state index contributed by atoms with van der Waals surface area (Å²) in [4.78, 5) is 30.3. The van der Waals surface area contributed by atoms with Crippen molar-refractivity contribution in [3.63, 3.8) is 0 Å². The third kappa shape index (κ3) is 3.67. The SMILES string of the molecule is NC(=O)[C@]12CC3CC(C1)C(OC(=O)N1CC[C@H](Nc4ncccc4C(F)(F)F)C1)[C@@H](C3)C2. The number of halogens is 3. The number of hydrogen-bond donors (Lipinski definition) is 2. The number of carbonyl (C=O) groups excluding carboxylic acids is 2. The highest BCUT2D eigenvalue weighted by molar-refractivity contribution is 5.81. The Bertz CT molecular complexity index is 908. The Balaban J connectivity index is 1.20. The van der Waals surface area contributed by atoms with Crippen molar-refractivity contribution in [1.29, 1.82) is 0 Å². The number of rotatable bonds is 4. The molecule has 32 heavy (non-hydrogen) atoms. The molecule has 0 radical (unpaired) electrons. The van der Waals surface area contributed by atoms with E-state index in [0.29, 0.717) is 31.7 Å². The summed E-state index contributed by atoms with van der Waals surface area (Å²) in [5.41, 5.74) is 4.45. The molecule has 2 heterocycles. The van der Waals surface area contributed by atoms with Gasteiger partial charge < -0.3 is 20.7 Å². The lowest BCUT2D eigenvalue weighted by Gasteiger charge is -2.58. The molecule has 4 aliphatic carbocycles. The first-order valence-corrected chi connectivity index (χ1v) is 11.2. The normalized spacial score (nSPS) is 35.7. The molecule has 1 saturated heterocycles. The van der Waals surface area contributed by atoms with Crippen molar-refractivity contribution in [3.05, 3.63) is 23.9 Å². The lowest BCUT2D eigenvalue weighted by atomic mass is 9.48. The van der Waals surface area contributed by atoms with Gasteiger partial charge in [0.05, 0.1) is 11.0 Å². The molecule has 4 saturated carbocycles. The number of likely N-dealkylation sites (tertiary alicyclic amines) is 1. The minimum Gasteiger partial charge on any atom is -0.446 e. The second kappa shape index (κ2) is 7.52. The van der Waals surface area contributed by atoms with E-state index in [4.69, 9.17) is 10.5 Å². The first-order chi connectivity index (χ1) is 15.1. The standard InChI is InChI=1S/C22H27F3N4O3/c23-22(24,25)16-2-1-4-27-18(16)28-15-3-5-29(11-15)20(31)32-17-13-6-12-7-14(17)10-21(8-12,9-13)19(26)30/h1-2,4,12-15,17H,3,5-11H2,(H2,26,30)(H,27,28)/t12?,13-,14?,15-,17?,21-/m0/s1. The molecule has 174 valence electrons. The van der Waals surface area contributed by atoms with Gasteiger partial charge in [0.25, 0.3) is 0 Å². The summed E-state index contributed by atoms with van der Waals surface area (Å²) in [6.45, 7) is 0.656. The molecule has 5 aliphatic rings. The Hall–Kier alpha value is -2.52. The van der Waals surface area contributed by atoms with Crippen molar-refractivity contribution in [3.8, 4) is 0 Å². The topological polar surface area (TPSA) is 97.6 Å². The lowest BCUT2D eigenvalue weighted by Crippen LogP contribution is -2.59. The summed E-state index contributed by atoms with van der Waals surface area (Å²) in [7, 11) is 0. The van der Waals surface area contributed by atoms with E-state index in [2.05, 4.69) is 10.3 Å². The first kappa shape index (κ1) is 21.3. The summed E-state index contributed by atoms with van der Waals surface area (Å²) in [6, 6.07) is 1.90. The number of nitrogens with one attached hydrogen (secondary N) is 1. The number of nitrogens with two attached hydrogens (primary N) is 1. The predicted molar refractivity (Wildman–Crippen MR) is 108 cm³/mol. The van der Waals surface area contributed by atoms with Crippen molar-refractivity contribution in [2.45, 2.75) is 56.8 Å². The Kier molecular flexibility index (Phi) is 5.01.